The van der Waals surface area contributed by atoms with E-state index in [1.165, 1.54) is 16.0 Å². The third-order valence-corrected chi connectivity index (χ3v) is 4.28. The quantitative estimate of drug-likeness (QED) is 0.842. The van der Waals surface area contributed by atoms with E-state index in [-0.39, 0.29) is 28.9 Å². The zero-order valence-electron chi connectivity index (χ0n) is 12.4. The number of aromatic nitrogens is 1. The average molecular weight is 337 g/mol. The van der Waals surface area contributed by atoms with Crippen LogP contribution in [0.5, 0.6) is 0 Å². The van der Waals surface area contributed by atoms with E-state index in [0.29, 0.717) is 24.4 Å². The number of carbonyl (C=O) groups excluding carboxylic acids is 1. The van der Waals surface area contributed by atoms with Gasteiger partial charge in [0.2, 0.25) is 0 Å². The minimum absolute atomic E-state index is 0.112. The summed E-state index contributed by atoms with van der Waals surface area (Å²) in [6.07, 6.45) is 5.02. The van der Waals surface area contributed by atoms with E-state index in [1.54, 1.807) is 6.20 Å². The normalized spacial score (nSPS) is 18.3. The third kappa shape index (κ3) is 2.11. The summed E-state index contributed by atoms with van der Waals surface area (Å²) in [4.78, 5) is 18.3. The molecule has 1 aromatic heterocycles. The van der Waals surface area contributed by atoms with Gasteiger partial charge >= 0.3 is 6.03 Å². The molecule has 0 aliphatic carbocycles. The molecular formula is C15H14ClFN4O2. The molecule has 8 heteroatoms. The van der Waals surface area contributed by atoms with Crippen LogP contribution >= 0.6 is 11.6 Å². The molecule has 1 saturated heterocycles. The van der Waals surface area contributed by atoms with Gasteiger partial charge in [-0.05, 0) is 12.5 Å². The highest BCUT2D eigenvalue weighted by Crippen LogP contribution is 2.37. The number of amides is 2. The van der Waals surface area contributed by atoms with Crippen molar-refractivity contribution in [3.05, 3.63) is 35.1 Å². The fraction of sp³-hybridized carbons (Fsp3) is 0.333. The second-order valence-corrected chi connectivity index (χ2v) is 5.84. The van der Waals surface area contributed by atoms with Gasteiger partial charge < -0.3 is 4.42 Å². The Balaban J connectivity index is 1.87. The molecule has 0 spiro atoms. The van der Waals surface area contributed by atoms with E-state index < -0.39 is 5.82 Å². The van der Waals surface area contributed by atoms with E-state index in [4.69, 9.17) is 16.0 Å². The number of hydrogen-bond donors (Lipinski definition) is 0. The summed E-state index contributed by atoms with van der Waals surface area (Å²) in [6.45, 7) is 2.85. The van der Waals surface area contributed by atoms with Gasteiger partial charge in [-0.1, -0.05) is 24.6 Å². The zero-order valence-corrected chi connectivity index (χ0v) is 13.2. The first kappa shape index (κ1) is 14.5. The number of oxazole rings is 1. The SMILES string of the molecule is CCc1nc2c(N3CN4CCC=CN4C3=O)c(F)cc(Cl)c2o1. The van der Waals surface area contributed by atoms with Crippen molar-refractivity contribution in [3.63, 3.8) is 0 Å². The highest BCUT2D eigenvalue weighted by atomic mass is 35.5. The summed E-state index contributed by atoms with van der Waals surface area (Å²) < 4.78 is 20.1. The lowest BCUT2D eigenvalue weighted by molar-refractivity contribution is 0.0925. The van der Waals surface area contributed by atoms with Crippen LogP contribution in [0.15, 0.2) is 22.8 Å². The Morgan fingerprint density at radius 3 is 3.04 bits per heavy atom. The third-order valence-electron chi connectivity index (χ3n) is 4.00. The van der Waals surface area contributed by atoms with E-state index in [9.17, 15) is 9.18 Å². The van der Waals surface area contributed by atoms with Gasteiger partial charge in [-0.3, -0.25) is 4.90 Å². The maximum absolute atomic E-state index is 14.6. The van der Waals surface area contributed by atoms with Crippen LogP contribution in [0.2, 0.25) is 5.02 Å². The van der Waals surface area contributed by atoms with Crippen molar-refractivity contribution < 1.29 is 13.6 Å². The Labute approximate surface area is 136 Å². The molecule has 2 amide bonds. The second kappa shape index (κ2) is 5.21. The van der Waals surface area contributed by atoms with E-state index in [2.05, 4.69) is 4.98 Å². The second-order valence-electron chi connectivity index (χ2n) is 5.43. The predicted octanol–water partition coefficient (Wildman–Crippen LogP) is 3.52. The van der Waals surface area contributed by atoms with E-state index in [1.807, 2.05) is 18.0 Å². The van der Waals surface area contributed by atoms with Gasteiger partial charge in [-0.25, -0.2) is 19.2 Å². The molecule has 0 saturated carbocycles. The number of rotatable bonds is 2. The summed E-state index contributed by atoms with van der Waals surface area (Å²) >= 11 is 6.06. The molecule has 6 nitrogen and oxygen atoms in total. The molecule has 4 rings (SSSR count). The Morgan fingerprint density at radius 1 is 1.48 bits per heavy atom. The summed E-state index contributed by atoms with van der Waals surface area (Å²) in [5.74, 6) is -0.129. The Hall–Kier alpha value is -2.12. The van der Waals surface area contributed by atoms with Gasteiger partial charge in [0.15, 0.2) is 17.3 Å². The molecule has 23 heavy (non-hydrogen) atoms. The Bertz CT molecular complexity index is 834. The van der Waals surface area contributed by atoms with Crippen LogP contribution in [0, 0.1) is 5.82 Å². The molecule has 3 heterocycles. The molecule has 2 aliphatic heterocycles. The Kier molecular flexibility index (Phi) is 3.28. The first-order valence-electron chi connectivity index (χ1n) is 7.39. The van der Waals surface area contributed by atoms with Crippen molar-refractivity contribution in [3.8, 4) is 0 Å². The number of fused-ring (bicyclic) bond motifs is 2. The van der Waals surface area contributed by atoms with E-state index in [0.717, 1.165) is 6.42 Å². The number of aryl methyl sites for hydroxylation is 1. The number of urea groups is 1. The van der Waals surface area contributed by atoms with Gasteiger partial charge in [0.25, 0.3) is 0 Å². The van der Waals surface area contributed by atoms with Crippen LogP contribution < -0.4 is 4.90 Å². The zero-order chi connectivity index (χ0) is 16.1. The number of benzene rings is 1. The molecule has 0 atom stereocenters. The summed E-state index contributed by atoms with van der Waals surface area (Å²) in [5.41, 5.74) is 0.703. The summed E-state index contributed by atoms with van der Waals surface area (Å²) in [7, 11) is 0. The first-order chi connectivity index (χ1) is 11.1. The number of hydrogen-bond acceptors (Lipinski definition) is 4. The number of carbonyl (C=O) groups is 1. The molecule has 0 N–H and O–H groups in total. The smallest absolute Gasteiger partial charge is 0.344 e. The lowest BCUT2D eigenvalue weighted by Crippen LogP contribution is -2.37. The van der Waals surface area contributed by atoms with Crippen LogP contribution in [0.25, 0.3) is 11.1 Å². The van der Waals surface area contributed by atoms with Crippen LogP contribution in [0.4, 0.5) is 14.9 Å². The fourth-order valence-electron chi connectivity index (χ4n) is 2.89. The average Bonchev–Trinajstić information content (AvgIpc) is 3.11. The van der Waals surface area contributed by atoms with Gasteiger partial charge in [0.1, 0.15) is 11.2 Å². The first-order valence-corrected chi connectivity index (χ1v) is 7.77. The number of nitrogens with zero attached hydrogens (tertiary/aromatic N) is 4. The molecular weight excluding hydrogens is 323 g/mol. The maximum atomic E-state index is 14.6. The van der Waals surface area contributed by atoms with Crippen molar-refractivity contribution >= 4 is 34.4 Å². The predicted molar refractivity (Wildman–Crippen MR) is 83.4 cm³/mol. The minimum atomic E-state index is -0.586. The van der Waals surface area contributed by atoms with Crippen molar-refractivity contribution in [2.45, 2.75) is 19.8 Å². The summed E-state index contributed by atoms with van der Waals surface area (Å²) in [6, 6.07) is 0.851. The van der Waals surface area contributed by atoms with Crippen LogP contribution in [-0.2, 0) is 6.42 Å². The number of halogens is 2. The van der Waals surface area contributed by atoms with E-state index >= 15 is 0 Å². The summed E-state index contributed by atoms with van der Waals surface area (Å²) in [5, 5.41) is 3.49. The molecule has 120 valence electrons. The molecule has 1 aromatic carbocycles. The highest BCUT2D eigenvalue weighted by molar-refractivity contribution is 6.35. The van der Waals surface area contributed by atoms with Crippen molar-refractivity contribution in [1.29, 1.82) is 0 Å². The van der Waals surface area contributed by atoms with Gasteiger partial charge in [-0.15, -0.1) is 0 Å². The highest BCUT2D eigenvalue weighted by Gasteiger charge is 2.39. The largest absolute Gasteiger partial charge is 0.439 e. The fourth-order valence-corrected chi connectivity index (χ4v) is 3.11. The molecule has 0 radical (unpaired) electrons. The topological polar surface area (TPSA) is 52.8 Å². The lowest BCUT2D eigenvalue weighted by Gasteiger charge is -2.24. The van der Waals surface area contributed by atoms with Crippen molar-refractivity contribution in [1.82, 2.24) is 15.0 Å². The molecule has 1 fully saturated rings. The maximum Gasteiger partial charge on any atom is 0.344 e. The van der Waals surface area contributed by atoms with Crippen molar-refractivity contribution in [2.75, 3.05) is 18.1 Å². The minimum Gasteiger partial charge on any atom is -0.439 e. The number of anilines is 1. The molecule has 2 aliphatic rings. The van der Waals surface area contributed by atoms with Crippen LogP contribution in [0.3, 0.4) is 0 Å². The molecule has 0 bridgehead atoms. The number of hydrazine groups is 1. The van der Waals surface area contributed by atoms with Crippen LogP contribution in [0.1, 0.15) is 19.2 Å². The Morgan fingerprint density at radius 2 is 2.30 bits per heavy atom. The van der Waals surface area contributed by atoms with Gasteiger partial charge in [-0.2, -0.15) is 5.01 Å². The monoisotopic (exact) mass is 336 g/mol. The molecule has 2 aromatic rings. The van der Waals surface area contributed by atoms with Crippen molar-refractivity contribution in [2.24, 2.45) is 0 Å². The lowest BCUT2D eigenvalue weighted by atomic mass is 10.2. The van der Waals surface area contributed by atoms with Gasteiger partial charge in [0.05, 0.1) is 11.7 Å². The van der Waals surface area contributed by atoms with Gasteiger partial charge in [0, 0.05) is 19.2 Å². The standard InChI is InChI=1S/C15H14ClFN4O2/c1-2-11-18-12-13(10(17)7-9(16)14(12)23-11)20-8-19-5-3-4-6-21(19)15(20)22/h4,6-7H,2-3,5,8H2,1H3. The molecule has 0 unspecified atom stereocenters. The van der Waals surface area contributed by atoms with Crippen LogP contribution in [-0.4, -0.2) is 34.2 Å².